The van der Waals surface area contributed by atoms with E-state index in [4.69, 9.17) is 0 Å². The number of pyridine rings is 1. The molecule has 1 atom stereocenters. The van der Waals surface area contributed by atoms with E-state index in [0.717, 1.165) is 41.7 Å². The van der Waals surface area contributed by atoms with Crippen LogP contribution in [-0.2, 0) is 12.6 Å². The summed E-state index contributed by atoms with van der Waals surface area (Å²) < 4.78 is 56.7. The molecule has 0 saturated heterocycles. The Morgan fingerprint density at radius 3 is 2.74 bits per heavy atom. The van der Waals surface area contributed by atoms with Crippen LogP contribution in [0.4, 0.5) is 23.4 Å². The maximum absolute atomic E-state index is 14.7. The van der Waals surface area contributed by atoms with Crippen LogP contribution >= 0.6 is 0 Å². The summed E-state index contributed by atoms with van der Waals surface area (Å²) in [4.78, 5) is 25.2. The van der Waals surface area contributed by atoms with E-state index in [0.29, 0.717) is 17.1 Å². The Bertz CT molecular complexity index is 1440. The standard InChI is InChI=1S/C24H20F4N6O/c1-13-8-17(25)16(9-19(13)33-11-20(30-12-33)24(26,27)28)23(35)32-21-5-3-4-18(31-21)22-29-10-15-7-6-14(2)34(15)22/h3-5,8-12,14H,6-7H2,1-2H3,(H,31,32,35)/t14-/m0/s1. The minimum atomic E-state index is -4.62. The Hall–Kier alpha value is -4.02. The van der Waals surface area contributed by atoms with E-state index in [-0.39, 0.29) is 23.1 Å². The van der Waals surface area contributed by atoms with Crippen LogP contribution in [0.2, 0.25) is 0 Å². The fourth-order valence-corrected chi connectivity index (χ4v) is 4.28. The third-order valence-corrected chi connectivity index (χ3v) is 6.03. The van der Waals surface area contributed by atoms with Crippen molar-refractivity contribution in [3.05, 3.63) is 77.4 Å². The third kappa shape index (κ3) is 4.17. The van der Waals surface area contributed by atoms with Gasteiger partial charge in [-0.05, 0) is 56.5 Å². The van der Waals surface area contributed by atoms with Crippen molar-refractivity contribution in [2.75, 3.05) is 5.32 Å². The highest BCUT2D eigenvalue weighted by atomic mass is 19.4. The van der Waals surface area contributed by atoms with E-state index >= 15 is 0 Å². The largest absolute Gasteiger partial charge is 0.434 e. The normalized spacial score (nSPS) is 15.3. The van der Waals surface area contributed by atoms with Crippen LogP contribution in [0.5, 0.6) is 0 Å². The molecule has 0 spiro atoms. The Morgan fingerprint density at radius 2 is 2.00 bits per heavy atom. The third-order valence-electron chi connectivity index (χ3n) is 6.03. The lowest BCUT2D eigenvalue weighted by molar-refractivity contribution is -0.140. The molecule has 0 radical (unpaired) electrons. The zero-order chi connectivity index (χ0) is 24.9. The second-order valence-electron chi connectivity index (χ2n) is 8.48. The minimum absolute atomic E-state index is 0.194. The number of amides is 1. The van der Waals surface area contributed by atoms with E-state index in [9.17, 15) is 22.4 Å². The molecule has 0 fully saturated rings. The molecule has 1 N–H and O–H groups in total. The lowest BCUT2D eigenvalue weighted by Gasteiger charge is -2.13. The fraction of sp³-hybridized carbons (Fsp3) is 0.250. The highest BCUT2D eigenvalue weighted by Crippen LogP contribution is 2.32. The van der Waals surface area contributed by atoms with Gasteiger partial charge >= 0.3 is 6.18 Å². The van der Waals surface area contributed by atoms with E-state index in [1.165, 1.54) is 13.0 Å². The van der Waals surface area contributed by atoms with Crippen molar-refractivity contribution >= 4 is 11.7 Å². The van der Waals surface area contributed by atoms with Crippen LogP contribution < -0.4 is 5.32 Å². The van der Waals surface area contributed by atoms with Crippen LogP contribution in [0.25, 0.3) is 17.2 Å². The molecule has 1 aliphatic heterocycles. The van der Waals surface area contributed by atoms with Gasteiger partial charge in [0.05, 0.1) is 17.6 Å². The van der Waals surface area contributed by atoms with Crippen molar-refractivity contribution in [2.45, 2.75) is 38.9 Å². The topological polar surface area (TPSA) is 77.6 Å². The van der Waals surface area contributed by atoms with Gasteiger partial charge in [-0.2, -0.15) is 13.2 Å². The smallest absolute Gasteiger partial charge is 0.324 e. The molecule has 1 aromatic carbocycles. The van der Waals surface area contributed by atoms with Crippen LogP contribution in [0.3, 0.4) is 0 Å². The number of rotatable bonds is 4. The summed E-state index contributed by atoms with van der Waals surface area (Å²) in [6.45, 7) is 3.63. The average Bonchev–Trinajstić information content (AvgIpc) is 3.52. The molecule has 0 bridgehead atoms. The highest BCUT2D eigenvalue weighted by Gasteiger charge is 2.33. The monoisotopic (exact) mass is 484 g/mol. The number of aromatic nitrogens is 5. The summed E-state index contributed by atoms with van der Waals surface area (Å²) in [5.41, 5.74) is 0.788. The average molecular weight is 484 g/mol. The van der Waals surface area contributed by atoms with E-state index in [1.807, 2.05) is 6.20 Å². The first-order valence-electron chi connectivity index (χ1n) is 10.9. The van der Waals surface area contributed by atoms with Gasteiger partial charge in [0.2, 0.25) is 0 Å². The number of nitrogens with one attached hydrogen (secondary N) is 1. The van der Waals surface area contributed by atoms with Gasteiger partial charge in [0.25, 0.3) is 5.91 Å². The van der Waals surface area contributed by atoms with Crippen molar-refractivity contribution < 1.29 is 22.4 Å². The Balaban J connectivity index is 1.43. The molecule has 0 aliphatic carbocycles. The second-order valence-corrected chi connectivity index (χ2v) is 8.48. The number of imidazole rings is 2. The summed E-state index contributed by atoms with van der Waals surface area (Å²) in [6, 6.07) is 7.62. The van der Waals surface area contributed by atoms with Gasteiger partial charge in [0, 0.05) is 24.1 Å². The van der Waals surface area contributed by atoms with Crippen molar-refractivity contribution in [1.82, 2.24) is 24.1 Å². The summed E-state index contributed by atoms with van der Waals surface area (Å²) >= 11 is 0. The Kier molecular flexibility index (Phi) is 5.42. The van der Waals surface area contributed by atoms with Gasteiger partial charge in [-0.25, -0.2) is 19.3 Å². The molecule has 1 aliphatic rings. The van der Waals surface area contributed by atoms with Crippen molar-refractivity contribution in [3.8, 4) is 17.2 Å². The van der Waals surface area contributed by atoms with E-state index in [2.05, 4.69) is 31.8 Å². The molecule has 35 heavy (non-hydrogen) atoms. The highest BCUT2D eigenvalue weighted by molar-refractivity contribution is 6.04. The van der Waals surface area contributed by atoms with Crippen LogP contribution in [0, 0.1) is 12.7 Å². The number of alkyl halides is 3. The number of carbonyl (C=O) groups excluding carboxylic acids is 1. The maximum atomic E-state index is 14.7. The fourth-order valence-electron chi connectivity index (χ4n) is 4.28. The summed E-state index contributed by atoms with van der Waals surface area (Å²) in [5.74, 6) is -0.716. The number of fused-ring (bicyclic) bond motifs is 1. The predicted octanol–water partition coefficient (Wildman–Crippen LogP) is 5.36. The Labute approximate surface area is 197 Å². The van der Waals surface area contributed by atoms with Gasteiger partial charge in [-0.3, -0.25) is 4.79 Å². The minimum Gasteiger partial charge on any atom is -0.324 e. The summed E-state index contributed by atoms with van der Waals surface area (Å²) in [5, 5.41) is 2.58. The molecule has 0 unspecified atom stereocenters. The van der Waals surface area contributed by atoms with Crippen molar-refractivity contribution in [1.29, 1.82) is 0 Å². The zero-order valence-electron chi connectivity index (χ0n) is 18.8. The molecule has 3 aromatic heterocycles. The molecule has 1 amide bonds. The van der Waals surface area contributed by atoms with Gasteiger partial charge < -0.3 is 14.5 Å². The number of carbonyl (C=O) groups is 1. The van der Waals surface area contributed by atoms with Crippen molar-refractivity contribution in [3.63, 3.8) is 0 Å². The number of hydrogen-bond donors (Lipinski definition) is 1. The predicted molar refractivity (Wildman–Crippen MR) is 120 cm³/mol. The lowest BCUT2D eigenvalue weighted by Crippen LogP contribution is -2.16. The second kappa shape index (κ2) is 8.33. The van der Waals surface area contributed by atoms with E-state index < -0.39 is 23.6 Å². The van der Waals surface area contributed by atoms with Gasteiger partial charge in [0.1, 0.15) is 17.3 Å². The SMILES string of the molecule is Cc1cc(F)c(C(=O)Nc2cccc(-c3ncc4n3[C@@H](C)CC4)n2)cc1-n1cnc(C(F)(F)F)c1. The van der Waals surface area contributed by atoms with Crippen molar-refractivity contribution in [2.24, 2.45) is 0 Å². The lowest BCUT2D eigenvalue weighted by atomic mass is 10.1. The first-order valence-corrected chi connectivity index (χ1v) is 10.9. The molecule has 11 heteroatoms. The quantitative estimate of drug-likeness (QED) is 0.396. The van der Waals surface area contributed by atoms with Gasteiger partial charge in [-0.1, -0.05) is 6.07 Å². The molecule has 4 heterocycles. The molecule has 4 aromatic rings. The summed E-state index contributed by atoms with van der Waals surface area (Å²) in [7, 11) is 0. The van der Waals surface area contributed by atoms with Crippen LogP contribution in [-0.4, -0.2) is 30.0 Å². The van der Waals surface area contributed by atoms with Crippen LogP contribution in [0.1, 0.15) is 46.7 Å². The molecular weight excluding hydrogens is 464 g/mol. The number of benzene rings is 1. The number of nitrogens with zero attached hydrogens (tertiary/aromatic N) is 5. The molecule has 7 nitrogen and oxygen atoms in total. The van der Waals surface area contributed by atoms with Gasteiger partial charge in [-0.15, -0.1) is 0 Å². The maximum Gasteiger partial charge on any atom is 0.434 e. The molecule has 5 rings (SSSR count). The van der Waals surface area contributed by atoms with Gasteiger partial charge in [0.15, 0.2) is 11.5 Å². The molecule has 0 saturated carbocycles. The number of aryl methyl sites for hydroxylation is 2. The van der Waals surface area contributed by atoms with E-state index in [1.54, 1.807) is 18.2 Å². The number of hydrogen-bond acceptors (Lipinski definition) is 4. The molecule has 180 valence electrons. The Morgan fingerprint density at radius 1 is 1.20 bits per heavy atom. The molecular formula is C24H20F4N6O. The number of anilines is 1. The first kappa shape index (κ1) is 22.8. The number of halogens is 4. The van der Waals surface area contributed by atoms with Crippen LogP contribution in [0.15, 0.2) is 49.1 Å². The first-order chi connectivity index (χ1) is 16.6. The summed E-state index contributed by atoms with van der Waals surface area (Å²) in [6.07, 6.45) is 0.896. The zero-order valence-corrected chi connectivity index (χ0v) is 18.8.